The second-order valence-electron chi connectivity index (χ2n) is 10.2. The van der Waals surface area contributed by atoms with Gasteiger partial charge in [-0.1, -0.05) is 11.6 Å². The molecule has 0 amide bonds. The van der Waals surface area contributed by atoms with E-state index in [0.29, 0.717) is 56.8 Å². The second-order valence-corrected chi connectivity index (χ2v) is 10.6. The van der Waals surface area contributed by atoms with Crippen molar-refractivity contribution in [2.24, 2.45) is 0 Å². The maximum atomic E-state index is 9.23. The van der Waals surface area contributed by atoms with Crippen LogP contribution in [0, 0.1) is 0 Å². The van der Waals surface area contributed by atoms with E-state index in [2.05, 4.69) is 40.1 Å². The summed E-state index contributed by atoms with van der Waals surface area (Å²) in [5.41, 5.74) is 13.5. The summed E-state index contributed by atoms with van der Waals surface area (Å²) < 4.78 is 15.0. The fraction of sp³-hybridized carbons (Fsp3) is 0.231. The van der Waals surface area contributed by atoms with E-state index >= 15 is 0 Å². The molecule has 6 aromatic heterocycles. The van der Waals surface area contributed by atoms with Gasteiger partial charge in [0.05, 0.1) is 12.1 Å². The van der Waals surface area contributed by atoms with Crippen LogP contribution >= 0.6 is 11.6 Å². The highest BCUT2D eigenvalue weighted by Gasteiger charge is 2.31. The number of pyridine rings is 2. The van der Waals surface area contributed by atoms with Crippen LogP contribution in [0.15, 0.2) is 49.3 Å². The third-order valence-electron chi connectivity index (χ3n) is 6.91. The minimum atomic E-state index is -1.60. The fourth-order valence-electron chi connectivity index (χ4n) is 4.50. The normalized spacial score (nSPS) is 14.3. The third kappa shape index (κ3) is 5.50. The number of nitrogens with two attached hydrogens (primary N) is 2. The second kappa shape index (κ2) is 11.2. The number of anilines is 2. The molecule has 44 heavy (non-hydrogen) atoms. The van der Waals surface area contributed by atoms with Crippen LogP contribution in [0.2, 0.25) is 5.02 Å². The SMILES string of the molecule is Nc1ncnc2c1c(Oc1cc(B(O)O)ccn1)nn2C1CC1.Nc1ncnc2c1c(Oc1cc(Cl)ccn1)nn2C1CC1. The van der Waals surface area contributed by atoms with Crippen LogP contribution in [0.25, 0.3) is 22.1 Å². The topological polar surface area (TPSA) is 224 Å². The zero-order valence-electron chi connectivity index (χ0n) is 22.9. The van der Waals surface area contributed by atoms with Gasteiger partial charge in [0.15, 0.2) is 11.3 Å². The Morgan fingerprint density at radius 2 is 1.23 bits per heavy atom. The summed E-state index contributed by atoms with van der Waals surface area (Å²) in [6, 6.07) is 6.84. The van der Waals surface area contributed by atoms with Crippen LogP contribution in [0.5, 0.6) is 23.5 Å². The molecule has 0 saturated heterocycles. The van der Waals surface area contributed by atoms with Gasteiger partial charge in [-0.25, -0.2) is 39.3 Å². The molecular weight excluding hydrogens is 591 g/mol. The molecule has 0 aliphatic heterocycles. The summed E-state index contributed by atoms with van der Waals surface area (Å²) in [5.74, 6) is 1.75. The zero-order valence-corrected chi connectivity index (χ0v) is 23.7. The first kappa shape index (κ1) is 27.7. The molecule has 18 heteroatoms. The quantitative estimate of drug-likeness (QED) is 0.189. The van der Waals surface area contributed by atoms with Crippen LogP contribution in [0.4, 0.5) is 11.6 Å². The lowest BCUT2D eigenvalue weighted by Crippen LogP contribution is -2.29. The summed E-state index contributed by atoms with van der Waals surface area (Å²) in [7, 11) is -1.60. The van der Waals surface area contributed by atoms with E-state index in [4.69, 9.17) is 32.5 Å². The van der Waals surface area contributed by atoms with E-state index in [9.17, 15) is 10.0 Å². The zero-order chi connectivity index (χ0) is 30.4. The molecule has 0 atom stereocenters. The molecule has 0 radical (unpaired) electrons. The first-order chi connectivity index (χ1) is 21.4. The molecule has 8 rings (SSSR count). The Kier molecular flexibility index (Phi) is 7.04. The monoisotopic (exact) mass is 614 g/mol. The predicted molar refractivity (Wildman–Crippen MR) is 159 cm³/mol. The molecule has 6 N–H and O–H groups in total. The summed E-state index contributed by atoms with van der Waals surface area (Å²) in [6.45, 7) is 0. The van der Waals surface area contributed by atoms with Crippen molar-refractivity contribution in [1.29, 1.82) is 0 Å². The average molecular weight is 615 g/mol. The highest BCUT2D eigenvalue weighted by atomic mass is 35.5. The van der Waals surface area contributed by atoms with Crippen molar-refractivity contribution in [2.45, 2.75) is 37.8 Å². The van der Waals surface area contributed by atoms with Gasteiger partial charge >= 0.3 is 7.12 Å². The van der Waals surface area contributed by atoms with Gasteiger partial charge in [0.2, 0.25) is 11.8 Å². The van der Waals surface area contributed by atoms with E-state index in [1.807, 2.05) is 4.68 Å². The summed E-state index contributed by atoms with van der Waals surface area (Å²) in [5, 5.41) is 29.0. The Bertz CT molecular complexity index is 2000. The summed E-state index contributed by atoms with van der Waals surface area (Å²) in [6.07, 6.45) is 10.0. The maximum absolute atomic E-state index is 9.23. The average Bonchev–Trinajstić information content (AvgIpc) is 3.95. The van der Waals surface area contributed by atoms with Gasteiger partial charge in [0.25, 0.3) is 11.8 Å². The van der Waals surface area contributed by atoms with Crippen LogP contribution in [0.3, 0.4) is 0 Å². The first-order valence-corrected chi connectivity index (χ1v) is 14.0. The summed E-state index contributed by atoms with van der Waals surface area (Å²) >= 11 is 5.93. The van der Waals surface area contributed by atoms with E-state index in [1.165, 1.54) is 31.0 Å². The Morgan fingerprint density at radius 1 is 0.727 bits per heavy atom. The van der Waals surface area contributed by atoms with E-state index in [1.54, 1.807) is 23.0 Å². The molecule has 0 unspecified atom stereocenters. The van der Waals surface area contributed by atoms with Crippen LogP contribution in [0.1, 0.15) is 37.8 Å². The summed E-state index contributed by atoms with van der Waals surface area (Å²) in [4.78, 5) is 24.6. The molecule has 2 aliphatic rings. The Hall–Kier alpha value is -5.13. The number of nitrogens with zero attached hydrogens (tertiary/aromatic N) is 10. The number of aromatic nitrogens is 10. The van der Waals surface area contributed by atoms with Gasteiger partial charge < -0.3 is 31.0 Å². The van der Waals surface area contributed by atoms with Crippen molar-refractivity contribution in [3.8, 4) is 23.5 Å². The molecule has 2 saturated carbocycles. The Morgan fingerprint density at radius 3 is 1.70 bits per heavy atom. The van der Waals surface area contributed by atoms with E-state index < -0.39 is 7.12 Å². The van der Waals surface area contributed by atoms with Crippen LogP contribution in [-0.4, -0.2) is 66.6 Å². The van der Waals surface area contributed by atoms with E-state index in [0.717, 1.165) is 25.7 Å². The highest BCUT2D eigenvalue weighted by Crippen LogP contribution is 2.41. The largest absolute Gasteiger partial charge is 0.488 e. The molecule has 2 fully saturated rings. The number of rotatable bonds is 7. The van der Waals surface area contributed by atoms with Crippen molar-refractivity contribution in [2.75, 3.05) is 11.5 Å². The molecule has 16 nitrogen and oxygen atoms in total. The van der Waals surface area contributed by atoms with Gasteiger partial charge in [0.1, 0.15) is 35.1 Å². The van der Waals surface area contributed by atoms with Gasteiger partial charge in [-0.15, -0.1) is 10.2 Å². The number of hydrogen-bond acceptors (Lipinski definition) is 14. The molecule has 0 aromatic carbocycles. The highest BCUT2D eigenvalue weighted by molar-refractivity contribution is 6.58. The number of hydrogen-bond donors (Lipinski definition) is 4. The number of nitrogen functional groups attached to an aromatic ring is 2. The predicted octanol–water partition coefficient (Wildman–Crippen LogP) is 2.19. The molecule has 6 aromatic rings. The molecule has 0 bridgehead atoms. The molecular formula is C26H24BClN12O4. The van der Waals surface area contributed by atoms with Crippen molar-refractivity contribution in [3.05, 3.63) is 54.3 Å². The lowest BCUT2D eigenvalue weighted by atomic mass is 9.81. The van der Waals surface area contributed by atoms with Crippen molar-refractivity contribution >= 4 is 57.9 Å². The van der Waals surface area contributed by atoms with Crippen LogP contribution in [-0.2, 0) is 0 Å². The number of fused-ring (bicyclic) bond motifs is 2. The molecule has 0 spiro atoms. The van der Waals surface area contributed by atoms with Gasteiger partial charge in [0, 0.05) is 29.5 Å². The van der Waals surface area contributed by atoms with Crippen LogP contribution < -0.4 is 26.4 Å². The minimum absolute atomic E-state index is 0.182. The Labute approximate surface area is 253 Å². The maximum Gasteiger partial charge on any atom is 0.488 e. The molecule has 6 heterocycles. The number of ether oxygens (including phenoxy) is 2. The smallest absolute Gasteiger partial charge is 0.423 e. The van der Waals surface area contributed by atoms with Gasteiger partial charge in [-0.2, -0.15) is 0 Å². The van der Waals surface area contributed by atoms with Gasteiger partial charge in [-0.3, -0.25) is 0 Å². The lowest BCUT2D eigenvalue weighted by molar-refractivity contribution is 0.422. The van der Waals surface area contributed by atoms with Crippen molar-refractivity contribution < 1.29 is 19.5 Å². The first-order valence-electron chi connectivity index (χ1n) is 13.6. The van der Waals surface area contributed by atoms with Crippen molar-refractivity contribution in [3.63, 3.8) is 0 Å². The van der Waals surface area contributed by atoms with E-state index in [-0.39, 0.29) is 23.0 Å². The molecule has 2 aliphatic carbocycles. The minimum Gasteiger partial charge on any atom is -0.423 e. The third-order valence-corrected chi connectivity index (χ3v) is 7.15. The lowest BCUT2D eigenvalue weighted by Gasteiger charge is -2.04. The Balaban J connectivity index is 0.000000143. The fourth-order valence-corrected chi connectivity index (χ4v) is 4.65. The van der Waals surface area contributed by atoms with Crippen molar-refractivity contribution in [1.82, 2.24) is 49.5 Å². The van der Waals surface area contributed by atoms with Gasteiger partial charge in [-0.05, 0) is 43.3 Å². The standard InChI is InChI=1S/C13H13BN6O3.C13H11ClN6O/c15-11-10-12(18-6-17-11)20(8-1-2-8)19-13(10)23-9-5-7(14(21)22)3-4-16-9;14-7-3-4-16-9(5-7)21-13-10-11(15)17-6-18-12(10)20(19-13)8-1-2-8/h3-6,8,21-22H,1-2H2,(H2,15,17,18);3-6,8H,1-2H2,(H2,15,17,18). The number of halogens is 1. The molecule has 222 valence electrons.